The van der Waals surface area contributed by atoms with Gasteiger partial charge in [0.05, 0.1) is 0 Å². The summed E-state index contributed by atoms with van der Waals surface area (Å²) >= 11 is 0. The van der Waals surface area contributed by atoms with Crippen LogP contribution in [-0.4, -0.2) is 30.6 Å². The van der Waals surface area contributed by atoms with E-state index in [1.54, 1.807) is 12.1 Å². The zero-order valence-corrected chi connectivity index (χ0v) is 11.6. The number of carbonyl (C=O) groups is 1. The highest BCUT2D eigenvalue weighted by molar-refractivity contribution is 5.74. The van der Waals surface area contributed by atoms with E-state index in [0.717, 1.165) is 25.9 Å². The first-order valence-corrected chi connectivity index (χ1v) is 6.78. The molecule has 1 aromatic carbocycles. The standard InChI is InChI=1S/C15H21FN2O/c1-15(2,12-7-3-4-8-13(12)16)11-17-14(19)18-9-5-6-10-18/h3-4,7-8H,5-6,9-11H2,1-2H3,(H,17,19). The number of nitrogens with one attached hydrogen (secondary N) is 1. The predicted octanol–water partition coefficient (Wildman–Crippen LogP) is 2.91. The summed E-state index contributed by atoms with van der Waals surface area (Å²) in [6.07, 6.45) is 2.15. The van der Waals surface area contributed by atoms with Crippen molar-refractivity contribution in [3.8, 4) is 0 Å². The molecule has 1 aromatic rings. The summed E-state index contributed by atoms with van der Waals surface area (Å²) in [6, 6.07) is 6.69. The van der Waals surface area contributed by atoms with Gasteiger partial charge < -0.3 is 10.2 Å². The second-order valence-electron chi connectivity index (χ2n) is 5.72. The number of nitrogens with zero attached hydrogens (tertiary/aromatic N) is 1. The molecule has 0 saturated carbocycles. The van der Waals surface area contributed by atoms with Crippen LogP contribution >= 0.6 is 0 Å². The maximum atomic E-state index is 13.8. The molecule has 1 N–H and O–H groups in total. The topological polar surface area (TPSA) is 32.3 Å². The summed E-state index contributed by atoms with van der Waals surface area (Å²) < 4.78 is 13.8. The molecule has 19 heavy (non-hydrogen) atoms. The summed E-state index contributed by atoms with van der Waals surface area (Å²) in [4.78, 5) is 13.7. The second kappa shape index (κ2) is 5.59. The van der Waals surface area contributed by atoms with Gasteiger partial charge in [0.2, 0.25) is 0 Å². The fourth-order valence-corrected chi connectivity index (χ4v) is 2.43. The highest BCUT2D eigenvalue weighted by atomic mass is 19.1. The molecule has 0 unspecified atom stereocenters. The van der Waals surface area contributed by atoms with E-state index >= 15 is 0 Å². The van der Waals surface area contributed by atoms with Crippen molar-refractivity contribution >= 4 is 6.03 Å². The molecule has 2 rings (SSSR count). The minimum absolute atomic E-state index is 0.0399. The van der Waals surface area contributed by atoms with E-state index < -0.39 is 5.41 Å². The number of benzene rings is 1. The molecule has 2 amide bonds. The quantitative estimate of drug-likeness (QED) is 0.894. The Bertz CT molecular complexity index is 453. The van der Waals surface area contributed by atoms with Gasteiger partial charge in [0, 0.05) is 25.0 Å². The van der Waals surface area contributed by atoms with Gasteiger partial charge in [-0.1, -0.05) is 32.0 Å². The Morgan fingerprint density at radius 1 is 1.32 bits per heavy atom. The van der Waals surface area contributed by atoms with E-state index in [1.165, 1.54) is 6.07 Å². The van der Waals surface area contributed by atoms with Gasteiger partial charge in [-0.3, -0.25) is 0 Å². The van der Waals surface area contributed by atoms with Crippen molar-refractivity contribution < 1.29 is 9.18 Å². The molecule has 1 saturated heterocycles. The van der Waals surface area contributed by atoms with Crippen LogP contribution in [-0.2, 0) is 5.41 Å². The summed E-state index contributed by atoms with van der Waals surface area (Å²) in [5.74, 6) is -0.220. The third-order valence-corrected chi connectivity index (χ3v) is 3.68. The van der Waals surface area contributed by atoms with Gasteiger partial charge in [0.25, 0.3) is 0 Å². The van der Waals surface area contributed by atoms with Crippen molar-refractivity contribution in [2.45, 2.75) is 32.1 Å². The Hall–Kier alpha value is -1.58. The smallest absolute Gasteiger partial charge is 0.317 e. The van der Waals surface area contributed by atoms with Gasteiger partial charge in [-0.2, -0.15) is 0 Å². The summed E-state index contributed by atoms with van der Waals surface area (Å²) in [5, 5.41) is 2.91. The molecule has 0 atom stereocenters. The highest BCUT2D eigenvalue weighted by Gasteiger charge is 2.26. The Balaban J connectivity index is 1.97. The van der Waals surface area contributed by atoms with Crippen LogP contribution in [0.4, 0.5) is 9.18 Å². The molecular weight excluding hydrogens is 243 g/mol. The first kappa shape index (κ1) is 13.8. The summed E-state index contributed by atoms with van der Waals surface area (Å²) in [6.45, 7) is 5.96. The zero-order chi connectivity index (χ0) is 13.9. The van der Waals surface area contributed by atoms with Gasteiger partial charge in [-0.05, 0) is 24.5 Å². The molecule has 0 bridgehead atoms. The first-order chi connectivity index (χ1) is 9.00. The number of rotatable bonds is 3. The maximum Gasteiger partial charge on any atom is 0.317 e. The van der Waals surface area contributed by atoms with Crippen LogP contribution in [0.5, 0.6) is 0 Å². The van der Waals surface area contributed by atoms with Crippen LogP contribution in [0.2, 0.25) is 0 Å². The minimum atomic E-state index is -0.416. The van der Waals surface area contributed by atoms with E-state index in [0.29, 0.717) is 12.1 Å². The first-order valence-electron chi connectivity index (χ1n) is 6.78. The molecule has 1 aliphatic heterocycles. The Labute approximate surface area is 113 Å². The number of urea groups is 1. The Kier molecular flexibility index (Phi) is 4.08. The average molecular weight is 264 g/mol. The largest absolute Gasteiger partial charge is 0.337 e. The van der Waals surface area contributed by atoms with E-state index in [-0.39, 0.29) is 11.8 Å². The van der Waals surface area contributed by atoms with E-state index in [1.807, 2.05) is 24.8 Å². The maximum absolute atomic E-state index is 13.8. The van der Waals surface area contributed by atoms with Crippen LogP contribution in [0.3, 0.4) is 0 Å². The SMILES string of the molecule is CC(C)(CNC(=O)N1CCCC1)c1ccccc1F. The normalized spacial score (nSPS) is 15.6. The van der Waals surface area contributed by atoms with Crippen LogP contribution in [0.15, 0.2) is 24.3 Å². The fraction of sp³-hybridized carbons (Fsp3) is 0.533. The number of amides is 2. The Morgan fingerprint density at radius 2 is 1.95 bits per heavy atom. The third kappa shape index (κ3) is 3.25. The van der Waals surface area contributed by atoms with Crippen molar-refractivity contribution in [3.63, 3.8) is 0 Å². The molecule has 0 spiro atoms. The van der Waals surface area contributed by atoms with Crippen LogP contribution in [0.1, 0.15) is 32.3 Å². The molecule has 0 aliphatic carbocycles. The Morgan fingerprint density at radius 3 is 2.58 bits per heavy atom. The lowest BCUT2D eigenvalue weighted by molar-refractivity contribution is 0.206. The van der Waals surface area contributed by atoms with Crippen LogP contribution < -0.4 is 5.32 Å². The molecule has 0 radical (unpaired) electrons. The van der Waals surface area contributed by atoms with Crippen LogP contribution in [0.25, 0.3) is 0 Å². The molecule has 1 heterocycles. The molecule has 1 fully saturated rings. The minimum Gasteiger partial charge on any atom is -0.337 e. The molecular formula is C15H21FN2O. The zero-order valence-electron chi connectivity index (χ0n) is 11.6. The van der Waals surface area contributed by atoms with Gasteiger partial charge >= 0.3 is 6.03 Å². The van der Waals surface area contributed by atoms with Crippen LogP contribution in [0, 0.1) is 5.82 Å². The number of hydrogen-bond donors (Lipinski definition) is 1. The van der Waals surface area contributed by atoms with Crippen molar-refractivity contribution in [3.05, 3.63) is 35.6 Å². The van der Waals surface area contributed by atoms with Crippen molar-refractivity contribution in [1.82, 2.24) is 10.2 Å². The van der Waals surface area contributed by atoms with Crippen molar-refractivity contribution in [1.29, 1.82) is 0 Å². The third-order valence-electron chi connectivity index (χ3n) is 3.68. The van der Waals surface area contributed by atoms with E-state index in [2.05, 4.69) is 5.32 Å². The molecule has 4 heteroatoms. The fourth-order valence-electron chi connectivity index (χ4n) is 2.43. The molecule has 104 valence electrons. The number of likely N-dealkylation sites (tertiary alicyclic amines) is 1. The molecule has 3 nitrogen and oxygen atoms in total. The monoisotopic (exact) mass is 264 g/mol. The van der Waals surface area contributed by atoms with Gasteiger partial charge in [-0.15, -0.1) is 0 Å². The number of hydrogen-bond acceptors (Lipinski definition) is 1. The number of halogens is 1. The van der Waals surface area contributed by atoms with E-state index in [9.17, 15) is 9.18 Å². The molecule has 0 aromatic heterocycles. The van der Waals surface area contributed by atoms with Gasteiger partial charge in [0.15, 0.2) is 0 Å². The van der Waals surface area contributed by atoms with Gasteiger partial charge in [0.1, 0.15) is 5.82 Å². The van der Waals surface area contributed by atoms with Gasteiger partial charge in [-0.25, -0.2) is 9.18 Å². The lowest BCUT2D eigenvalue weighted by Crippen LogP contribution is -2.43. The summed E-state index contributed by atoms with van der Waals surface area (Å²) in [7, 11) is 0. The lowest BCUT2D eigenvalue weighted by atomic mass is 9.84. The lowest BCUT2D eigenvalue weighted by Gasteiger charge is -2.27. The average Bonchev–Trinajstić information content (AvgIpc) is 2.90. The van der Waals surface area contributed by atoms with Crippen molar-refractivity contribution in [2.24, 2.45) is 0 Å². The van der Waals surface area contributed by atoms with E-state index in [4.69, 9.17) is 0 Å². The summed E-state index contributed by atoms with van der Waals surface area (Å²) in [5.41, 5.74) is 0.220. The predicted molar refractivity (Wildman–Crippen MR) is 73.6 cm³/mol. The highest BCUT2D eigenvalue weighted by Crippen LogP contribution is 2.24. The molecule has 1 aliphatic rings. The van der Waals surface area contributed by atoms with Crippen molar-refractivity contribution in [2.75, 3.05) is 19.6 Å². The number of carbonyl (C=O) groups excluding carboxylic acids is 1. The second-order valence-corrected chi connectivity index (χ2v) is 5.72.